The SMILES string of the molecule is O=C(O)c1ccc2c(c1)nc(-c1ccc(OCc3ccccc3)cc1)n2[C@H]1CC[C@H](O)CC1. The lowest BCUT2D eigenvalue weighted by molar-refractivity contribution is 0.0697. The summed E-state index contributed by atoms with van der Waals surface area (Å²) in [5.41, 5.74) is 3.86. The van der Waals surface area contributed by atoms with Crippen LogP contribution in [-0.4, -0.2) is 31.8 Å². The fraction of sp³-hybridized carbons (Fsp3) is 0.259. The number of fused-ring (bicyclic) bond motifs is 1. The van der Waals surface area contributed by atoms with Crippen LogP contribution in [0.1, 0.15) is 47.6 Å². The van der Waals surface area contributed by atoms with Crippen molar-refractivity contribution >= 4 is 17.0 Å². The lowest BCUT2D eigenvalue weighted by Gasteiger charge is -2.28. The van der Waals surface area contributed by atoms with Crippen LogP contribution in [0, 0.1) is 0 Å². The molecule has 1 aliphatic carbocycles. The second kappa shape index (κ2) is 9.08. The number of aliphatic hydroxyl groups is 1. The molecule has 33 heavy (non-hydrogen) atoms. The number of nitrogens with zero attached hydrogens (tertiary/aromatic N) is 2. The van der Waals surface area contributed by atoms with Gasteiger partial charge in [-0.05, 0) is 73.7 Å². The molecule has 1 aromatic heterocycles. The molecule has 0 unspecified atom stereocenters. The number of carboxylic acids is 1. The molecule has 5 rings (SSSR count). The fourth-order valence-corrected chi connectivity index (χ4v) is 4.56. The highest BCUT2D eigenvalue weighted by atomic mass is 16.5. The van der Waals surface area contributed by atoms with E-state index in [4.69, 9.17) is 9.72 Å². The van der Waals surface area contributed by atoms with Crippen molar-refractivity contribution in [2.75, 3.05) is 0 Å². The van der Waals surface area contributed by atoms with Gasteiger partial charge in [0, 0.05) is 11.6 Å². The Labute approximate surface area is 192 Å². The summed E-state index contributed by atoms with van der Waals surface area (Å²) < 4.78 is 8.14. The molecule has 168 valence electrons. The fourth-order valence-electron chi connectivity index (χ4n) is 4.56. The molecule has 1 fully saturated rings. The molecule has 0 atom stereocenters. The second-order valence-corrected chi connectivity index (χ2v) is 8.58. The van der Waals surface area contributed by atoms with Gasteiger partial charge in [0.15, 0.2) is 0 Å². The van der Waals surface area contributed by atoms with Gasteiger partial charge in [0.25, 0.3) is 0 Å². The van der Waals surface area contributed by atoms with E-state index in [1.807, 2.05) is 60.7 Å². The van der Waals surface area contributed by atoms with Gasteiger partial charge >= 0.3 is 5.97 Å². The summed E-state index contributed by atoms with van der Waals surface area (Å²) >= 11 is 0. The number of carboxylic acid groups (broad SMARTS) is 1. The van der Waals surface area contributed by atoms with Crippen LogP contribution in [0.5, 0.6) is 5.75 Å². The Morgan fingerprint density at radius 3 is 2.39 bits per heavy atom. The standard InChI is InChI=1S/C27H26N2O4/c30-22-11-9-21(10-12-22)29-25-15-8-20(27(31)32)16-24(25)28-26(29)19-6-13-23(14-7-19)33-17-18-4-2-1-3-5-18/h1-8,13-16,21-22,30H,9-12,17H2,(H,31,32)/t21-,22-. The van der Waals surface area contributed by atoms with Crippen LogP contribution in [0.15, 0.2) is 72.8 Å². The predicted molar refractivity (Wildman–Crippen MR) is 126 cm³/mol. The van der Waals surface area contributed by atoms with Gasteiger partial charge < -0.3 is 19.5 Å². The molecule has 1 aliphatic rings. The second-order valence-electron chi connectivity index (χ2n) is 8.58. The number of hydrogen-bond donors (Lipinski definition) is 2. The predicted octanol–water partition coefficient (Wildman–Crippen LogP) is 5.46. The highest BCUT2D eigenvalue weighted by Gasteiger charge is 2.25. The van der Waals surface area contributed by atoms with Crippen molar-refractivity contribution in [2.24, 2.45) is 0 Å². The van der Waals surface area contributed by atoms with Gasteiger partial charge in [0.05, 0.1) is 22.7 Å². The molecule has 1 heterocycles. The minimum atomic E-state index is -0.964. The maximum absolute atomic E-state index is 11.5. The van der Waals surface area contributed by atoms with Crippen LogP contribution in [-0.2, 0) is 6.61 Å². The molecule has 2 N–H and O–H groups in total. The number of aromatic carboxylic acids is 1. The third-order valence-corrected chi connectivity index (χ3v) is 6.33. The Morgan fingerprint density at radius 1 is 0.970 bits per heavy atom. The van der Waals surface area contributed by atoms with Gasteiger partial charge in [-0.15, -0.1) is 0 Å². The topological polar surface area (TPSA) is 84.6 Å². The van der Waals surface area contributed by atoms with E-state index >= 15 is 0 Å². The summed E-state index contributed by atoms with van der Waals surface area (Å²) in [5, 5.41) is 19.4. The van der Waals surface area contributed by atoms with Crippen LogP contribution < -0.4 is 4.74 Å². The number of hydrogen-bond acceptors (Lipinski definition) is 4. The molecule has 0 spiro atoms. The minimum Gasteiger partial charge on any atom is -0.489 e. The third kappa shape index (κ3) is 4.47. The zero-order valence-corrected chi connectivity index (χ0v) is 18.2. The maximum Gasteiger partial charge on any atom is 0.335 e. The summed E-state index contributed by atoms with van der Waals surface area (Å²) in [5.74, 6) is 0.622. The van der Waals surface area contributed by atoms with Crippen LogP contribution in [0.4, 0.5) is 0 Å². The molecule has 0 bridgehead atoms. The number of benzene rings is 3. The van der Waals surface area contributed by atoms with Crippen molar-refractivity contribution in [2.45, 2.75) is 44.4 Å². The molecule has 0 radical (unpaired) electrons. The molecular weight excluding hydrogens is 416 g/mol. The average molecular weight is 443 g/mol. The maximum atomic E-state index is 11.5. The van der Waals surface area contributed by atoms with Gasteiger partial charge in [0.2, 0.25) is 0 Å². The number of imidazole rings is 1. The van der Waals surface area contributed by atoms with Gasteiger partial charge in [-0.1, -0.05) is 30.3 Å². The number of aliphatic hydroxyl groups excluding tert-OH is 1. The lowest BCUT2D eigenvalue weighted by atomic mass is 9.92. The molecule has 0 saturated heterocycles. The Kier molecular flexibility index (Phi) is 5.84. The highest BCUT2D eigenvalue weighted by molar-refractivity contribution is 5.93. The van der Waals surface area contributed by atoms with Gasteiger partial charge in [0.1, 0.15) is 18.2 Å². The van der Waals surface area contributed by atoms with Crippen LogP contribution in [0.25, 0.3) is 22.4 Å². The Bertz CT molecular complexity index is 1260. The van der Waals surface area contributed by atoms with Crippen molar-refractivity contribution in [1.82, 2.24) is 9.55 Å². The normalized spacial score (nSPS) is 18.3. The first kappa shape index (κ1) is 21.2. The first-order valence-corrected chi connectivity index (χ1v) is 11.3. The van der Waals surface area contributed by atoms with E-state index in [1.165, 1.54) is 0 Å². The van der Waals surface area contributed by atoms with Crippen molar-refractivity contribution in [1.29, 1.82) is 0 Å². The summed E-state index contributed by atoms with van der Waals surface area (Å²) in [7, 11) is 0. The first-order valence-electron chi connectivity index (χ1n) is 11.3. The highest BCUT2D eigenvalue weighted by Crippen LogP contribution is 2.36. The van der Waals surface area contributed by atoms with E-state index in [0.29, 0.717) is 12.1 Å². The molecule has 3 aromatic carbocycles. The number of carbonyl (C=O) groups is 1. The van der Waals surface area contributed by atoms with Crippen molar-refractivity contribution < 1.29 is 19.7 Å². The smallest absolute Gasteiger partial charge is 0.335 e. The lowest BCUT2D eigenvalue weighted by Crippen LogP contribution is -2.21. The minimum absolute atomic E-state index is 0.207. The van der Waals surface area contributed by atoms with E-state index in [2.05, 4.69) is 4.57 Å². The summed E-state index contributed by atoms with van der Waals surface area (Å²) in [6.45, 7) is 0.501. The zero-order valence-electron chi connectivity index (χ0n) is 18.2. The Hall–Kier alpha value is -3.64. The number of aromatic nitrogens is 2. The summed E-state index contributed by atoms with van der Waals surface area (Å²) in [6, 6.07) is 23.2. The molecule has 6 heteroatoms. The Morgan fingerprint density at radius 2 is 1.70 bits per heavy atom. The van der Waals surface area contributed by atoms with Gasteiger partial charge in [-0.3, -0.25) is 0 Å². The van der Waals surface area contributed by atoms with E-state index in [0.717, 1.165) is 53.9 Å². The van der Waals surface area contributed by atoms with E-state index in [9.17, 15) is 15.0 Å². The van der Waals surface area contributed by atoms with Crippen molar-refractivity contribution in [3.05, 3.63) is 83.9 Å². The van der Waals surface area contributed by atoms with Crippen LogP contribution >= 0.6 is 0 Å². The quantitative estimate of drug-likeness (QED) is 0.414. The summed E-state index contributed by atoms with van der Waals surface area (Å²) in [6.07, 6.45) is 2.98. The average Bonchev–Trinajstić information content (AvgIpc) is 3.23. The van der Waals surface area contributed by atoms with Crippen molar-refractivity contribution in [3.63, 3.8) is 0 Å². The van der Waals surface area contributed by atoms with Gasteiger partial charge in [-0.2, -0.15) is 0 Å². The van der Waals surface area contributed by atoms with E-state index < -0.39 is 5.97 Å². The first-order chi connectivity index (χ1) is 16.1. The molecule has 0 amide bonds. The molecular formula is C27H26N2O4. The van der Waals surface area contributed by atoms with Crippen LogP contribution in [0.3, 0.4) is 0 Å². The van der Waals surface area contributed by atoms with Crippen molar-refractivity contribution in [3.8, 4) is 17.1 Å². The van der Waals surface area contributed by atoms with Crippen LogP contribution in [0.2, 0.25) is 0 Å². The van der Waals surface area contributed by atoms with Gasteiger partial charge in [-0.25, -0.2) is 9.78 Å². The number of rotatable bonds is 6. The number of ether oxygens (including phenoxy) is 1. The molecule has 4 aromatic rings. The monoisotopic (exact) mass is 442 g/mol. The molecule has 1 saturated carbocycles. The largest absolute Gasteiger partial charge is 0.489 e. The molecule has 0 aliphatic heterocycles. The summed E-state index contributed by atoms with van der Waals surface area (Å²) in [4.78, 5) is 16.3. The van der Waals surface area contributed by atoms with E-state index in [1.54, 1.807) is 12.1 Å². The Balaban J connectivity index is 1.48. The molecule has 6 nitrogen and oxygen atoms in total. The van der Waals surface area contributed by atoms with E-state index in [-0.39, 0.29) is 17.7 Å². The third-order valence-electron chi connectivity index (χ3n) is 6.33. The zero-order chi connectivity index (χ0) is 22.8.